The third-order valence-electron chi connectivity index (χ3n) is 3.57. The number of allylic oxidation sites excluding steroid dienone is 3. The summed E-state index contributed by atoms with van der Waals surface area (Å²) in [4.78, 5) is 17.1. The Morgan fingerprint density at radius 3 is 2.62 bits per heavy atom. The lowest BCUT2D eigenvalue weighted by atomic mass is 10.0. The van der Waals surface area contributed by atoms with Gasteiger partial charge in [0.15, 0.2) is 15.0 Å². The minimum Gasteiger partial charge on any atom is -0.298 e. The second-order valence-corrected chi connectivity index (χ2v) is 9.34. The molecule has 0 atom stereocenters. The molecule has 0 saturated heterocycles. The van der Waals surface area contributed by atoms with Crippen molar-refractivity contribution in [1.29, 1.82) is 0 Å². The van der Waals surface area contributed by atoms with Gasteiger partial charge in [0.1, 0.15) is 0 Å². The zero-order valence-corrected chi connectivity index (χ0v) is 16.3. The van der Waals surface area contributed by atoms with Crippen LogP contribution in [0.5, 0.6) is 0 Å². The molecule has 0 spiro atoms. The maximum Gasteiger partial charge on any atom is 0.258 e. The smallest absolute Gasteiger partial charge is 0.258 e. The van der Waals surface area contributed by atoms with Crippen LogP contribution in [0.4, 0.5) is 5.13 Å². The van der Waals surface area contributed by atoms with E-state index >= 15 is 0 Å². The van der Waals surface area contributed by atoms with E-state index in [0.717, 1.165) is 17.6 Å². The summed E-state index contributed by atoms with van der Waals surface area (Å²) < 4.78 is 23.3. The number of aromatic nitrogens is 1. The number of amides is 1. The fourth-order valence-electron chi connectivity index (χ4n) is 2.28. The Morgan fingerprint density at radius 1 is 1.27 bits per heavy atom. The molecule has 0 fully saturated rings. The highest BCUT2D eigenvalue weighted by Crippen LogP contribution is 2.24. The SMILES string of the molecule is CS(=O)(=O)c1ccc(C(=CC2=CCSC=C2)C(=O)Nc2nccs2)cc1. The summed E-state index contributed by atoms with van der Waals surface area (Å²) in [6.45, 7) is 0. The standard InChI is InChI=1S/C18H16N2O3S3/c1-26(22,23)15-4-2-14(3-5-15)16(12-13-6-9-24-10-7-13)17(21)20-18-19-8-11-25-18/h2-9,11-12H,10H2,1H3,(H,19,20,21). The second kappa shape index (κ2) is 8.03. The first-order valence-corrected chi connectivity index (χ1v) is 11.5. The Balaban J connectivity index is 1.97. The zero-order valence-electron chi connectivity index (χ0n) is 13.9. The fourth-order valence-corrected chi connectivity index (χ4v) is 4.09. The van der Waals surface area contributed by atoms with Gasteiger partial charge < -0.3 is 0 Å². The van der Waals surface area contributed by atoms with Gasteiger partial charge in [-0.2, -0.15) is 0 Å². The van der Waals surface area contributed by atoms with Crippen LogP contribution in [0.2, 0.25) is 0 Å². The van der Waals surface area contributed by atoms with Crippen LogP contribution in [-0.2, 0) is 14.6 Å². The number of nitrogens with one attached hydrogen (secondary N) is 1. The quantitative estimate of drug-likeness (QED) is 0.768. The summed E-state index contributed by atoms with van der Waals surface area (Å²) >= 11 is 3.01. The van der Waals surface area contributed by atoms with Gasteiger partial charge in [0.05, 0.1) is 4.90 Å². The van der Waals surface area contributed by atoms with E-state index in [2.05, 4.69) is 10.3 Å². The van der Waals surface area contributed by atoms with Crippen molar-refractivity contribution in [3.63, 3.8) is 0 Å². The predicted molar refractivity (Wildman–Crippen MR) is 108 cm³/mol. The van der Waals surface area contributed by atoms with Crippen molar-refractivity contribution < 1.29 is 13.2 Å². The van der Waals surface area contributed by atoms with Crippen molar-refractivity contribution >= 4 is 49.5 Å². The van der Waals surface area contributed by atoms with Crippen molar-refractivity contribution in [3.8, 4) is 0 Å². The van der Waals surface area contributed by atoms with Gasteiger partial charge in [0.2, 0.25) is 0 Å². The fraction of sp³-hybridized carbons (Fsp3) is 0.111. The molecule has 134 valence electrons. The highest BCUT2D eigenvalue weighted by atomic mass is 32.2. The topological polar surface area (TPSA) is 76.1 Å². The number of thiazole rings is 1. The van der Waals surface area contributed by atoms with Gasteiger partial charge in [-0.15, -0.1) is 23.1 Å². The normalized spacial score (nSPS) is 14.8. The summed E-state index contributed by atoms with van der Waals surface area (Å²) in [5.74, 6) is 0.552. The first kappa shape index (κ1) is 18.6. The average molecular weight is 405 g/mol. The van der Waals surface area contributed by atoms with E-state index in [1.165, 1.54) is 23.5 Å². The van der Waals surface area contributed by atoms with Crippen molar-refractivity contribution in [2.45, 2.75) is 4.90 Å². The third kappa shape index (κ3) is 4.72. The Hall–Kier alpha value is -2.16. The number of carbonyl (C=O) groups is 1. The lowest BCUT2D eigenvalue weighted by molar-refractivity contribution is -0.111. The molecule has 1 aromatic carbocycles. The highest BCUT2D eigenvalue weighted by Gasteiger charge is 2.15. The summed E-state index contributed by atoms with van der Waals surface area (Å²) in [5.41, 5.74) is 2.02. The molecule has 0 saturated carbocycles. The van der Waals surface area contributed by atoms with Crippen LogP contribution in [-0.4, -0.2) is 31.3 Å². The average Bonchev–Trinajstić information content (AvgIpc) is 3.13. The Morgan fingerprint density at radius 2 is 2.04 bits per heavy atom. The number of thioether (sulfide) groups is 1. The first-order valence-electron chi connectivity index (χ1n) is 7.65. The molecule has 0 unspecified atom stereocenters. The van der Waals surface area contributed by atoms with Gasteiger partial charge in [-0.1, -0.05) is 18.2 Å². The lowest BCUT2D eigenvalue weighted by Gasteiger charge is -2.10. The number of benzene rings is 1. The van der Waals surface area contributed by atoms with E-state index in [1.807, 2.05) is 17.6 Å². The van der Waals surface area contributed by atoms with E-state index in [1.54, 1.807) is 41.5 Å². The molecular formula is C18H16N2O3S3. The van der Waals surface area contributed by atoms with Gasteiger partial charge in [0.25, 0.3) is 5.91 Å². The maximum absolute atomic E-state index is 12.8. The molecule has 3 rings (SSSR count). The summed E-state index contributed by atoms with van der Waals surface area (Å²) in [6, 6.07) is 6.31. The van der Waals surface area contributed by atoms with Gasteiger partial charge in [0, 0.05) is 29.2 Å². The van der Waals surface area contributed by atoms with Gasteiger partial charge in [-0.25, -0.2) is 13.4 Å². The van der Waals surface area contributed by atoms with Crippen molar-refractivity contribution in [2.24, 2.45) is 0 Å². The van der Waals surface area contributed by atoms with E-state index in [4.69, 9.17) is 0 Å². The Labute approximate surface area is 160 Å². The molecule has 0 radical (unpaired) electrons. The van der Waals surface area contributed by atoms with E-state index in [-0.39, 0.29) is 10.8 Å². The Bertz CT molecular complexity index is 987. The van der Waals surface area contributed by atoms with Gasteiger partial charge >= 0.3 is 0 Å². The molecule has 2 aromatic rings. The monoisotopic (exact) mass is 404 g/mol. The summed E-state index contributed by atoms with van der Waals surface area (Å²) in [6.07, 6.45) is 8.55. The summed E-state index contributed by atoms with van der Waals surface area (Å²) in [7, 11) is -3.29. The summed E-state index contributed by atoms with van der Waals surface area (Å²) in [5, 5.41) is 7.05. The van der Waals surface area contributed by atoms with Crippen molar-refractivity contribution in [1.82, 2.24) is 4.98 Å². The highest BCUT2D eigenvalue weighted by molar-refractivity contribution is 8.02. The molecule has 0 bridgehead atoms. The number of anilines is 1. The number of sulfone groups is 1. The first-order chi connectivity index (χ1) is 12.4. The molecule has 1 aliphatic rings. The van der Waals surface area contributed by atoms with Crippen molar-refractivity contribution in [2.75, 3.05) is 17.3 Å². The van der Waals surface area contributed by atoms with E-state index in [0.29, 0.717) is 16.3 Å². The van der Waals surface area contributed by atoms with Crippen LogP contribution < -0.4 is 5.32 Å². The van der Waals surface area contributed by atoms with Crippen LogP contribution in [0.15, 0.2) is 69.9 Å². The molecule has 1 aliphatic heterocycles. The molecule has 1 amide bonds. The Kier molecular flexibility index (Phi) is 5.75. The maximum atomic E-state index is 12.8. The molecule has 1 aromatic heterocycles. The molecule has 2 heterocycles. The predicted octanol–water partition coefficient (Wildman–Crippen LogP) is 3.76. The molecule has 5 nitrogen and oxygen atoms in total. The zero-order chi connectivity index (χ0) is 18.6. The molecule has 1 N–H and O–H groups in total. The van der Waals surface area contributed by atoms with Crippen LogP contribution >= 0.6 is 23.1 Å². The second-order valence-electron chi connectivity index (χ2n) is 5.49. The number of hydrogen-bond donors (Lipinski definition) is 1. The van der Waals surface area contributed by atoms with Gasteiger partial charge in [-0.3, -0.25) is 10.1 Å². The van der Waals surface area contributed by atoms with Crippen molar-refractivity contribution in [3.05, 3.63) is 70.6 Å². The minimum absolute atomic E-state index is 0.217. The lowest BCUT2D eigenvalue weighted by Crippen LogP contribution is -2.14. The van der Waals surface area contributed by atoms with Crippen LogP contribution in [0.1, 0.15) is 5.56 Å². The van der Waals surface area contributed by atoms with Crippen LogP contribution in [0, 0.1) is 0 Å². The molecular weight excluding hydrogens is 388 g/mol. The van der Waals surface area contributed by atoms with Crippen LogP contribution in [0.25, 0.3) is 5.57 Å². The van der Waals surface area contributed by atoms with E-state index < -0.39 is 9.84 Å². The van der Waals surface area contributed by atoms with E-state index in [9.17, 15) is 13.2 Å². The number of nitrogens with zero attached hydrogens (tertiary/aromatic N) is 1. The molecule has 8 heteroatoms. The van der Waals surface area contributed by atoms with Crippen LogP contribution in [0.3, 0.4) is 0 Å². The minimum atomic E-state index is -3.29. The van der Waals surface area contributed by atoms with Gasteiger partial charge in [-0.05, 0) is 40.8 Å². The molecule has 0 aliphatic carbocycles. The number of rotatable bonds is 5. The number of hydrogen-bond acceptors (Lipinski definition) is 6. The largest absolute Gasteiger partial charge is 0.298 e. The third-order valence-corrected chi connectivity index (χ3v) is 6.08. The molecule has 26 heavy (non-hydrogen) atoms. The number of carbonyl (C=O) groups excluding carboxylic acids is 1.